The molecule has 0 radical (unpaired) electrons. The fourth-order valence-electron chi connectivity index (χ4n) is 2.31. The van der Waals surface area contributed by atoms with Crippen LogP contribution < -0.4 is 10.2 Å². The lowest BCUT2D eigenvalue weighted by molar-refractivity contribution is -0.127. The van der Waals surface area contributed by atoms with E-state index in [1.165, 1.54) is 11.1 Å². The fourth-order valence-corrected chi connectivity index (χ4v) is 2.31. The maximum atomic E-state index is 12.0. The van der Waals surface area contributed by atoms with E-state index in [1.807, 2.05) is 0 Å². The Hall–Kier alpha value is -1.55. The molecule has 0 saturated heterocycles. The SMILES string of the molecule is CCCN(CC(=O)N(C)C)c1ccc(CNCC)cc1C. The number of nitrogens with zero attached hydrogens (tertiary/aromatic N) is 2. The Labute approximate surface area is 129 Å². The molecule has 1 aromatic carbocycles. The van der Waals surface area contributed by atoms with Gasteiger partial charge in [-0.15, -0.1) is 0 Å². The van der Waals surface area contributed by atoms with Gasteiger partial charge in [0.2, 0.25) is 5.91 Å². The summed E-state index contributed by atoms with van der Waals surface area (Å²) in [4.78, 5) is 15.8. The maximum Gasteiger partial charge on any atom is 0.241 e. The molecule has 1 aromatic rings. The lowest BCUT2D eigenvalue weighted by Gasteiger charge is -2.27. The summed E-state index contributed by atoms with van der Waals surface area (Å²) in [5.41, 5.74) is 3.67. The summed E-state index contributed by atoms with van der Waals surface area (Å²) in [6, 6.07) is 6.50. The molecule has 1 amide bonds. The van der Waals surface area contributed by atoms with E-state index in [0.29, 0.717) is 6.54 Å². The number of amides is 1. The molecule has 0 aromatic heterocycles. The van der Waals surface area contributed by atoms with Crippen LogP contribution in [-0.2, 0) is 11.3 Å². The largest absolute Gasteiger partial charge is 0.362 e. The highest BCUT2D eigenvalue weighted by atomic mass is 16.2. The van der Waals surface area contributed by atoms with Gasteiger partial charge in [0.15, 0.2) is 0 Å². The summed E-state index contributed by atoms with van der Waals surface area (Å²) in [7, 11) is 3.61. The summed E-state index contributed by atoms with van der Waals surface area (Å²) in [6.45, 7) is 9.57. The molecule has 1 N–H and O–H groups in total. The van der Waals surface area contributed by atoms with Gasteiger partial charge in [-0.05, 0) is 37.1 Å². The Morgan fingerprint density at radius 2 is 1.95 bits per heavy atom. The van der Waals surface area contributed by atoms with E-state index in [1.54, 1.807) is 19.0 Å². The number of benzene rings is 1. The average Bonchev–Trinajstić information content (AvgIpc) is 2.44. The molecular formula is C17H29N3O. The Morgan fingerprint density at radius 1 is 1.24 bits per heavy atom. The Balaban J connectivity index is 2.89. The quantitative estimate of drug-likeness (QED) is 0.799. The third-order valence-electron chi connectivity index (χ3n) is 3.50. The van der Waals surface area contributed by atoms with Crippen molar-refractivity contribution in [3.05, 3.63) is 29.3 Å². The van der Waals surface area contributed by atoms with Crippen molar-refractivity contribution in [2.24, 2.45) is 0 Å². The zero-order chi connectivity index (χ0) is 15.8. The number of rotatable bonds is 8. The van der Waals surface area contributed by atoms with E-state index < -0.39 is 0 Å². The van der Waals surface area contributed by atoms with E-state index in [0.717, 1.165) is 31.7 Å². The molecular weight excluding hydrogens is 262 g/mol. The molecule has 4 heteroatoms. The summed E-state index contributed by atoms with van der Waals surface area (Å²) < 4.78 is 0. The molecule has 0 spiro atoms. The molecule has 0 saturated carbocycles. The zero-order valence-electron chi connectivity index (χ0n) is 14.1. The monoisotopic (exact) mass is 291 g/mol. The number of aryl methyl sites for hydroxylation is 1. The van der Waals surface area contributed by atoms with Crippen molar-refractivity contribution in [2.45, 2.75) is 33.7 Å². The first-order chi connectivity index (χ1) is 9.99. The van der Waals surface area contributed by atoms with Gasteiger partial charge >= 0.3 is 0 Å². The molecule has 0 aliphatic carbocycles. The minimum Gasteiger partial charge on any atom is -0.362 e. The van der Waals surface area contributed by atoms with E-state index in [9.17, 15) is 4.79 Å². The second-order valence-electron chi connectivity index (χ2n) is 5.61. The molecule has 0 fully saturated rings. The third kappa shape index (κ3) is 5.38. The Kier molecular flexibility index (Phi) is 7.23. The second kappa shape index (κ2) is 8.67. The molecule has 4 nitrogen and oxygen atoms in total. The lowest BCUT2D eigenvalue weighted by atomic mass is 10.1. The van der Waals surface area contributed by atoms with Crippen LogP contribution in [0.3, 0.4) is 0 Å². The van der Waals surface area contributed by atoms with Crippen LogP contribution in [0.2, 0.25) is 0 Å². The van der Waals surface area contributed by atoms with Crippen molar-refractivity contribution in [2.75, 3.05) is 38.6 Å². The van der Waals surface area contributed by atoms with Crippen LogP contribution in [0.15, 0.2) is 18.2 Å². The normalized spacial score (nSPS) is 10.5. The van der Waals surface area contributed by atoms with Crippen molar-refractivity contribution in [1.29, 1.82) is 0 Å². The van der Waals surface area contributed by atoms with Gasteiger partial charge in [-0.3, -0.25) is 4.79 Å². The van der Waals surface area contributed by atoms with Crippen molar-refractivity contribution in [1.82, 2.24) is 10.2 Å². The van der Waals surface area contributed by atoms with Gasteiger partial charge in [0.05, 0.1) is 6.54 Å². The number of likely N-dealkylation sites (N-methyl/N-ethyl adjacent to an activating group) is 1. The zero-order valence-corrected chi connectivity index (χ0v) is 14.1. The average molecular weight is 291 g/mol. The van der Waals surface area contributed by atoms with Crippen molar-refractivity contribution < 1.29 is 4.79 Å². The topological polar surface area (TPSA) is 35.6 Å². The maximum absolute atomic E-state index is 12.0. The minimum absolute atomic E-state index is 0.138. The molecule has 0 heterocycles. The molecule has 0 unspecified atom stereocenters. The highest BCUT2D eigenvalue weighted by Gasteiger charge is 2.14. The molecule has 0 bridgehead atoms. The summed E-state index contributed by atoms with van der Waals surface area (Å²) in [6.07, 6.45) is 1.03. The first-order valence-corrected chi connectivity index (χ1v) is 7.74. The molecule has 21 heavy (non-hydrogen) atoms. The van der Waals surface area contributed by atoms with Gasteiger partial charge in [-0.25, -0.2) is 0 Å². The van der Waals surface area contributed by atoms with Crippen molar-refractivity contribution >= 4 is 11.6 Å². The first-order valence-electron chi connectivity index (χ1n) is 7.74. The second-order valence-corrected chi connectivity index (χ2v) is 5.61. The van der Waals surface area contributed by atoms with Crippen LogP contribution in [0.4, 0.5) is 5.69 Å². The highest BCUT2D eigenvalue weighted by Crippen LogP contribution is 2.21. The molecule has 118 valence electrons. The van der Waals surface area contributed by atoms with E-state index >= 15 is 0 Å². The van der Waals surface area contributed by atoms with Gasteiger partial charge in [0.1, 0.15) is 0 Å². The Morgan fingerprint density at radius 3 is 2.48 bits per heavy atom. The Bertz CT molecular complexity index is 457. The molecule has 0 aliphatic rings. The van der Waals surface area contributed by atoms with E-state index in [-0.39, 0.29) is 5.91 Å². The number of carbonyl (C=O) groups is 1. The van der Waals surface area contributed by atoms with Crippen molar-refractivity contribution in [3.8, 4) is 0 Å². The fraction of sp³-hybridized carbons (Fsp3) is 0.588. The smallest absolute Gasteiger partial charge is 0.241 e. The van der Waals surface area contributed by atoms with Gasteiger partial charge in [0, 0.05) is 32.9 Å². The minimum atomic E-state index is 0.138. The third-order valence-corrected chi connectivity index (χ3v) is 3.50. The van der Waals surface area contributed by atoms with Crippen LogP contribution in [0.5, 0.6) is 0 Å². The van der Waals surface area contributed by atoms with Crippen LogP contribution in [0.25, 0.3) is 0 Å². The van der Waals surface area contributed by atoms with Crippen LogP contribution in [0, 0.1) is 6.92 Å². The predicted octanol–water partition coefficient (Wildman–Crippen LogP) is 2.41. The van der Waals surface area contributed by atoms with Gasteiger partial charge in [-0.1, -0.05) is 26.0 Å². The first kappa shape index (κ1) is 17.5. The number of nitrogens with one attached hydrogen (secondary N) is 1. The van der Waals surface area contributed by atoms with Crippen LogP contribution in [-0.4, -0.2) is 44.5 Å². The van der Waals surface area contributed by atoms with Gasteiger partial charge < -0.3 is 15.1 Å². The van der Waals surface area contributed by atoms with E-state index in [2.05, 4.69) is 49.2 Å². The van der Waals surface area contributed by atoms with Gasteiger partial charge in [-0.2, -0.15) is 0 Å². The van der Waals surface area contributed by atoms with Crippen molar-refractivity contribution in [3.63, 3.8) is 0 Å². The summed E-state index contributed by atoms with van der Waals surface area (Å²) in [5.74, 6) is 0.138. The van der Waals surface area contributed by atoms with Crippen LogP contribution >= 0.6 is 0 Å². The summed E-state index contributed by atoms with van der Waals surface area (Å²) >= 11 is 0. The summed E-state index contributed by atoms with van der Waals surface area (Å²) in [5, 5.41) is 3.34. The molecule has 0 atom stereocenters. The van der Waals surface area contributed by atoms with E-state index in [4.69, 9.17) is 0 Å². The number of carbonyl (C=O) groups excluding carboxylic acids is 1. The predicted molar refractivity (Wildman–Crippen MR) is 89.8 cm³/mol. The van der Waals surface area contributed by atoms with Gasteiger partial charge in [0.25, 0.3) is 0 Å². The number of hydrogen-bond donors (Lipinski definition) is 1. The number of anilines is 1. The molecule has 1 rings (SSSR count). The van der Waals surface area contributed by atoms with Crippen LogP contribution in [0.1, 0.15) is 31.4 Å². The highest BCUT2D eigenvalue weighted by molar-refractivity contribution is 5.81. The molecule has 0 aliphatic heterocycles. The lowest BCUT2D eigenvalue weighted by Crippen LogP contribution is -2.37. The standard InChI is InChI=1S/C17H29N3O/c1-6-10-20(13-17(21)19(4)5)16-9-8-15(11-14(16)3)12-18-7-2/h8-9,11,18H,6-7,10,12-13H2,1-5H3. The number of hydrogen-bond acceptors (Lipinski definition) is 3.